The van der Waals surface area contributed by atoms with Gasteiger partial charge in [0.25, 0.3) is 0 Å². The van der Waals surface area contributed by atoms with Crippen LogP contribution in [0.3, 0.4) is 0 Å². The zero-order chi connectivity index (χ0) is 19.5. The number of halogens is 3. The number of piperidine rings is 1. The van der Waals surface area contributed by atoms with Gasteiger partial charge in [-0.3, -0.25) is 4.79 Å². The molecule has 1 saturated heterocycles. The third-order valence-corrected chi connectivity index (χ3v) is 6.12. The van der Waals surface area contributed by atoms with Gasteiger partial charge in [-0.25, -0.2) is 13.1 Å². The van der Waals surface area contributed by atoms with E-state index in [-0.39, 0.29) is 37.4 Å². The zero-order valence-corrected chi connectivity index (χ0v) is 15.6. The molecule has 1 amide bonds. The number of hydrogen-bond acceptors (Lipinski definition) is 3. The van der Waals surface area contributed by atoms with E-state index in [0.29, 0.717) is 6.42 Å². The molecule has 0 aliphatic carbocycles. The lowest BCUT2D eigenvalue weighted by Gasteiger charge is -2.33. The molecule has 0 radical (unpaired) electrons. The smallest absolute Gasteiger partial charge is 0.342 e. The highest BCUT2D eigenvalue weighted by Gasteiger charge is 2.42. The molecule has 0 aromatic heterocycles. The molecular weight excluding hydrogens is 369 g/mol. The van der Waals surface area contributed by atoms with Crippen LogP contribution in [0.25, 0.3) is 0 Å². The molecule has 1 heterocycles. The van der Waals surface area contributed by atoms with E-state index in [2.05, 4.69) is 4.72 Å². The number of rotatable bonds is 5. The lowest BCUT2D eigenvalue weighted by Crippen LogP contribution is -2.45. The van der Waals surface area contributed by atoms with Gasteiger partial charge in [0.15, 0.2) is 0 Å². The first-order valence-corrected chi connectivity index (χ1v) is 9.90. The van der Waals surface area contributed by atoms with Gasteiger partial charge in [-0.05, 0) is 49.9 Å². The number of aryl methyl sites for hydroxylation is 2. The summed E-state index contributed by atoms with van der Waals surface area (Å²) in [6.45, 7) is 3.43. The predicted octanol–water partition coefficient (Wildman–Crippen LogP) is 2.77. The third-order valence-electron chi connectivity index (χ3n) is 4.66. The van der Waals surface area contributed by atoms with Gasteiger partial charge in [0.2, 0.25) is 15.9 Å². The maximum absolute atomic E-state index is 12.8. The standard InChI is InChI=1S/C17H23F3N2O3S/c1-12-5-6-15(10-13(12)2)26(24,25)21-8-7-16(23)22-9-3-4-14(11-22)17(18,19)20/h5-6,10,14,21H,3-4,7-9,11H2,1-2H3. The van der Waals surface area contributed by atoms with Gasteiger partial charge in [0.05, 0.1) is 10.8 Å². The number of alkyl halides is 3. The van der Waals surface area contributed by atoms with E-state index in [1.165, 1.54) is 17.0 Å². The zero-order valence-electron chi connectivity index (χ0n) is 14.8. The summed E-state index contributed by atoms with van der Waals surface area (Å²) in [5.74, 6) is -1.98. The molecule has 1 aromatic rings. The van der Waals surface area contributed by atoms with Crippen LogP contribution in [-0.2, 0) is 14.8 Å². The average molecular weight is 392 g/mol. The minimum atomic E-state index is -4.32. The van der Waals surface area contributed by atoms with Crippen LogP contribution in [0.5, 0.6) is 0 Å². The molecule has 1 aliphatic heterocycles. The fraction of sp³-hybridized carbons (Fsp3) is 0.588. The summed E-state index contributed by atoms with van der Waals surface area (Å²) in [6.07, 6.45) is -4.17. The van der Waals surface area contributed by atoms with Crippen LogP contribution in [-0.4, -0.2) is 45.0 Å². The quantitative estimate of drug-likeness (QED) is 0.838. The van der Waals surface area contributed by atoms with Crippen LogP contribution in [0, 0.1) is 19.8 Å². The fourth-order valence-corrected chi connectivity index (χ4v) is 4.00. The highest BCUT2D eigenvalue weighted by atomic mass is 32.2. The van der Waals surface area contributed by atoms with E-state index in [4.69, 9.17) is 0 Å². The Morgan fingerprint density at radius 1 is 1.27 bits per heavy atom. The Bertz CT molecular complexity index is 763. The van der Waals surface area contributed by atoms with Gasteiger partial charge in [0, 0.05) is 26.1 Å². The number of nitrogens with one attached hydrogen (secondary N) is 1. The lowest BCUT2D eigenvalue weighted by molar-refractivity contribution is -0.188. The van der Waals surface area contributed by atoms with E-state index < -0.39 is 28.0 Å². The highest BCUT2D eigenvalue weighted by Crippen LogP contribution is 2.33. The fourth-order valence-electron chi connectivity index (χ4n) is 2.89. The number of hydrogen-bond donors (Lipinski definition) is 1. The van der Waals surface area contributed by atoms with Crippen LogP contribution in [0.15, 0.2) is 23.1 Å². The van der Waals surface area contributed by atoms with Crippen molar-refractivity contribution in [2.75, 3.05) is 19.6 Å². The summed E-state index contributed by atoms with van der Waals surface area (Å²) in [7, 11) is -3.76. The largest absolute Gasteiger partial charge is 0.393 e. The summed E-state index contributed by atoms with van der Waals surface area (Å²) in [4.78, 5) is 13.4. The summed E-state index contributed by atoms with van der Waals surface area (Å²) in [6, 6.07) is 4.71. The minimum absolute atomic E-state index is 0.0205. The Labute approximate surface area is 151 Å². The number of amides is 1. The molecule has 5 nitrogen and oxygen atoms in total. The van der Waals surface area contributed by atoms with E-state index in [9.17, 15) is 26.4 Å². The Morgan fingerprint density at radius 3 is 2.58 bits per heavy atom. The van der Waals surface area contributed by atoms with Crippen molar-refractivity contribution in [1.82, 2.24) is 9.62 Å². The molecule has 0 saturated carbocycles. The van der Waals surface area contributed by atoms with Gasteiger partial charge in [-0.1, -0.05) is 6.07 Å². The Balaban J connectivity index is 1.90. The van der Waals surface area contributed by atoms with Crippen LogP contribution in [0.4, 0.5) is 13.2 Å². The van der Waals surface area contributed by atoms with Crippen molar-refractivity contribution in [1.29, 1.82) is 0 Å². The number of carbonyl (C=O) groups excluding carboxylic acids is 1. The number of likely N-dealkylation sites (tertiary alicyclic amines) is 1. The SMILES string of the molecule is Cc1ccc(S(=O)(=O)NCCC(=O)N2CCCC(C(F)(F)F)C2)cc1C. The van der Waals surface area contributed by atoms with Gasteiger partial charge < -0.3 is 4.90 Å². The lowest BCUT2D eigenvalue weighted by atomic mass is 9.97. The summed E-state index contributed by atoms with van der Waals surface area (Å²) >= 11 is 0. The number of carbonyl (C=O) groups is 1. The van der Waals surface area contributed by atoms with Crippen LogP contribution in [0.2, 0.25) is 0 Å². The average Bonchev–Trinajstić information content (AvgIpc) is 2.56. The topological polar surface area (TPSA) is 66.5 Å². The summed E-state index contributed by atoms with van der Waals surface area (Å²) < 4.78 is 65.3. The maximum atomic E-state index is 12.8. The minimum Gasteiger partial charge on any atom is -0.342 e. The van der Waals surface area contributed by atoms with Crippen LogP contribution < -0.4 is 4.72 Å². The van der Waals surface area contributed by atoms with Crippen molar-refractivity contribution in [2.24, 2.45) is 5.92 Å². The molecule has 1 aliphatic rings. The van der Waals surface area contributed by atoms with E-state index >= 15 is 0 Å². The second-order valence-electron chi connectivity index (χ2n) is 6.61. The van der Waals surface area contributed by atoms with Crippen LogP contribution in [0.1, 0.15) is 30.4 Å². The monoisotopic (exact) mass is 392 g/mol. The van der Waals surface area contributed by atoms with Crippen molar-refractivity contribution in [3.05, 3.63) is 29.3 Å². The first-order chi connectivity index (χ1) is 12.0. The number of nitrogens with zero attached hydrogens (tertiary/aromatic N) is 1. The Kier molecular flexibility index (Phi) is 6.33. The first-order valence-electron chi connectivity index (χ1n) is 8.42. The molecule has 26 heavy (non-hydrogen) atoms. The molecule has 0 spiro atoms. The summed E-state index contributed by atoms with van der Waals surface area (Å²) in [5.41, 5.74) is 1.79. The van der Waals surface area contributed by atoms with E-state index in [1.54, 1.807) is 13.0 Å². The van der Waals surface area contributed by atoms with Crippen molar-refractivity contribution in [3.8, 4) is 0 Å². The molecule has 1 N–H and O–H groups in total. The highest BCUT2D eigenvalue weighted by molar-refractivity contribution is 7.89. The molecular formula is C17H23F3N2O3S. The Hall–Kier alpha value is -1.61. The molecule has 2 rings (SSSR count). The number of sulfonamides is 1. The van der Waals surface area contributed by atoms with Crippen molar-refractivity contribution in [3.63, 3.8) is 0 Å². The number of benzene rings is 1. The predicted molar refractivity (Wildman–Crippen MR) is 91.1 cm³/mol. The molecule has 1 unspecified atom stereocenters. The van der Waals surface area contributed by atoms with Crippen molar-refractivity contribution < 1.29 is 26.4 Å². The molecule has 0 bridgehead atoms. The summed E-state index contributed by atoms with van der Waals surface area (Å²) in [5, 5.41) is 0. The second-order valence-corrected chi connectivity index (χ2v) is 8.38. The first kappa shape index (κ1) is 20.7. The van der Waals surface area contributed by atoms with Crippen molar-refractivity contribution >= 4 is 15.9 Å². The second kappa shape index (κ2) is 7.96. The molecule has 1 aromatic carbocycles. The van der Waals surface area contributed by atoms with Gasteiger partial charge >= 0.3 is 6.18 Å². The Morgan fingerprint density at radius 2 is 1.96 bits per heavy atom. The molecule has 146 valence electrons. The normalized spacial score (nSPS) is 18.8. The van der Waals surface area contributed by atoms with E-state index in [0.717, 1.165) is 11.1 Å². The van der Waals surface area contributed by atoms with Crippen LogP contribution >= 0.6 is 0 Å². The molecule has 1 atom stereocenters. The van der Waals surface area contributed by atoms with Gasteiger partial charge in [0.1, 0.15) is 0 Å². The van der Waals surface area contributed by atoms with Gasteiger partial charge in [-0.2, -0.15) is 13.2 Å². The van der Waals surface area contributed by atoms with Crippen molar-refractivity contribution in [2.45, 2.75) is 44.2 Å². The van der Waals surface area contributed by atoms with E-state index in [1.807, 2.05) is 6.92 Å². The third kappa shape index (κ3) is 5.20. The molecule has 1 fully saturated rings. The van der Waals surface area contributed by atoms with Gasteiger partial charge in [-0.15, -0.1) is 0 Å². The molecule has 9 heteroatoms. The maximum Gasteiger partial charge on any atom is 0.393 e.